The molecule has 0 fully saturated rings. The standard InChI is InChI=1S/C78H55ClN2/c79-64-53-69(80(65-45-37-60(38-46-65)75-33-17-13-29-71(75)56-21-5-1-6-22-56)66-47-39-61(40-48-66)76-34-18-14-30-72(76)57-23-7-2-8-24-57)55-70(54-64)81(67-49-41-62(42-50-67)77-35-19-15-31-73(77)58-25-9-3-10-26-58)68-51-43-63(44-52-68)78-36-20-16-32-74(78)59-27-11-4-12-28-59/h1-55H. The molecule has 0 bridgehead atoms. The number of rotatable bonds is 14. The SMILES string of the molecule is Clc1cc(N(c2ccc(-c3ccccc3-c3ccccc3)cc2)c2ccc(-c3ccccc3-c3ccccc3)cc2)cc(N(c2ccc(-c3ccccc3-c3ccccc3)cc2)c2ccc(-c3ccccc3-c3ccccc3)cc2)c1. The van der Waals surface area contributed by atoms with Gasteiger partial charge in [0.05, 0.1) is 0 Å². The van der Waals surface area contributed by atoms with Crippen molar-refractivity contribution in [3.8, 4) is 89.0 Å². The molecule has 0 saturated carbocycles. The zero-order valence-corrected chi connectivity index (χ0v) is 45.3. The first-order valence-electron chi connectivity index (χ1n) is 27.5. The molecule has 13 aromatic carbocycles. The minimum atomic E-state index is 0.612. The number of halogens is 1. The fourth-order valence-corrected chi connectivity index (χ4v) is 11.5. The van der Waals surface area contributed by atoms with E-state index in [1.165, 1.54) is 66.8 Å². The van der Waals surface area contributed by atoms with E-state index in [2.05, 4.69) is 343 Å². The zero-order chi connectivity index (χ0) is 54.3. The molecule has 0 amide bonds. The summed E-state index contributed by atoms with van der Waals surface area (Å²) in [5, 5.41) is 0.612. The van der Waals surface area contributed by atoms with Gasteiger partial charge in [0.2, 0.25) is 0 Å². The molecule has 0 heterocycles. The molecule has 0 N–H and O–H groups in total. The van der Waals surface area contributed by atoms with Crippen molar-refractivity contribution in [3.63, 3.8) is 0 Å². The monoisotopic (exact) mass is 1050 g/mol. The second-order valence-corrected chi connectivity index (χ2v) is 20.6. The van der Waals surface area contributed by atoms with Gasteiger partial charge in [0.15, 0.2) is 0 Å². The van der Waals surface area contributed by atoms with Crippen LogP contribution in [0.25, 0.3) is 89.0 Å². The van der Waals surface area contributed by atoms with Gasteiger partial charge in [-0.05, 0) is 156 Å². The largest absolute Gasteiger partial charge is 0.310 e. The lowest BCUT2D eigenvalue weighted by Gasteiger charge is -2.30. The lowest BCUT2D eigenvalue weighted by atomic mass is 9.94. The van der Waals surface area contributed by atoms with Crippen molar-refractivity contribution in [2.24, 2.45) is 0 Å². The topological polar surface area (TPSA) is 6.48 Å². The van der Waals surface area contributed by atoms with Crippen molar-refractivity contribution in [1.29, 1.82) is 0 Å². The van der Waals surface area contributed by atoms with Crippen molar-refractivity contribution in [1.82, 2.24) is 0 Å². The molecule has 0 aliphatic rings. The molecule has 0 aliphatic carbocycles. The van der Waals surface area contributed by atoms with Crippen LogP contribution in [0.1, 0.15) is 0 Å². The summed E-state index contributed by atoms with van der Waals surface area (Å²) in [6.07, 6.45) is 0. The van der Waals surface area contributed by atoms with Crippen LogP contribution in [-0.4, -0.2) is 0 Å². The van der Waals surface area contributed by atoms with Crippen LogP contribution in [0.4, 0.5) is 34.1 Å². The molecule has 0 atom stereocenters. The molecular weight excluding hydrogens is 1000 g/mol. The van der Waals surface area contributed by atoms with E-state index in [0.717, 1.165) is 56.4 Å². The van der Waals surface area contributed by atoms with E-state index < -0.39 is 0 Å². The number of nitrogens with zero attached hydrogens (tertiary/aromatic N) is 2. The first-order valence-corrected chi connectivity index (χ1v) is 27.9. The van der Waals surface area contributed by atoms with E-state index in [1.54, 1.807) is 0 Å². The smallest absolute Gasteiger partial charge is 0.0497 e. The first kappa shape index (κ1) is 50.3. The number of benzene rings is 13. The number of hydrogen-bond donors (Lipinski definition) is 0. The highest BCUT2D eigenvalue weighted by Gasteiger charge is 2.21. The molecular formula is C78H55ClN2. The van der Waals surface area contributed by atoms with Gasteiger partial charge in [0.1, 0.15) is 0 Å². The quantitative estimate of drug-likeness (QED) is 0.107. The second-order valence-electron chi connectivity index (χ2n) is 20.2. The lowest BCUT2D eigenvalue weighted by Crippen LogP contribution is -2.13. The summed E-state index contributed by atoms with van der Waals surface area (Å²) in [4.78, 5) is 4.64. The Labute approximate surface area is 480 Å². The average Bonchev–Trinajstić information content (AvgIpc) is 3.60. The predicted molar refractivity (Wildman–Crippen MR) is 344 cm³/mol. The summed E-state index contributed by atoms with van der Waals surface area (Å²) >= 11 is 7.46. The maximum absolute atomic E-state index is 7.46. The van der Waals surface area contributed by atoms with Crippen molar-refractivity contribution < 1.29 is 0 Å². The third-order valence-electron chi connectivity index (χ3n) is 15.2. The van der Waals surface area contributed by atoms with E-state index in [9.17, 15) is 0 Å². The van der Waals surface area contributed by atoms with E-state index in [4.69, 9.17) is 11.6 Å². The Morgan fingerprint density at radius 1 is 0.160 bits per heavy atom. The summed E-state index contributed by atoms with van der Waals surface area (Å²) in [5.41, 5.74) is 24.5. The summed E-state index contributed by atoms with van der Waals surface area (Å²) < 4.78 is 0. The van der Waals surface area contributed by atoms with Gasteiger partial charge in [-0.15, -0.1) is 0 Å². The fourth-order valence-electron chi connectivity index (χ4n) is 11.3. The van der Waals surface area contributed by atoms with Crippen molar-refractivity contribution in [3.05, 3.63) is 339 Å². The molecule has 0 saturated heterocycles. The Morgan fingerprint density at radius 2 is 0.333 bits per heavy atom. The lowest BCUT2D eigenvalue weighted by molar-refractivity contribution is 1.25. The van der Waals surface area contributed by atoms with Gasteiger partial charge in [-0.3, -0.25) is 0 Å². The van der Waals surface area contributed by atoms with Crippen LogP contribution < -0.4 is 9.80 Å². The van der Waals surface area contributed by atoms with E-state index >= 15 is 0 Å². The van der Waals surface area contributed by atoms with Gasteiger partial charge in [-0.2, -0.15) is 0 Å². The van der Waals surface area contributed by atoms with Gasteiger partial charge in [-0.1, -0.05) is 279 Å². The minimum absolute atomic E-state index is 0.612. The summed E-state index contributed by atoms with van der Waals surface area (Å²) in [6, 6.07) is 119. The number of hydrogen-bond acceptors (Lipinski definition) is 2. The minimum Gasteiger partial charge on any atom is -0.310 e. The van der Waals surface area contributed by atoms with Crippen LogP contribution in [0.15, 0.2) is 334 Å². The van der Waals surface area contributed by atoms with Crippen LogP contribution in [0.3, 0.4) is 0 Å². The molecule has 2 nitrogen and oxygen atoms in total. The van der Waals surface area contributed by atoms with Crippen molar-refractivity contribution in [2.45, 2.75) is 0 Å². The van der Waals surface area contributed by atoms with E-state index in [0.29, 0.717) is 5.02 Å². The third kappa shape index (κ3) is 10.6. The van der Waals surface area contributed by atoms with Crippen molar-refractivity contribution in [2.75, 3.05) is 9.80 Å². The molecule has 13 rings (SSSR count). The average molecular weight is 1060 g/mol. The molecule has 0 aromatic heterocycles. The van der Waals surface area contributed by atoms with Gasteiger partial charge in [-0.25, -0.2) is 0 Å². The third-order valence-corrected chi connectivity index (χ3v) is 15.4. The van der Waals surface area contributed by atoms with Crippen molar-refractivity contribution >= 4 is 45.7 Å². The molecule has 0 aliphatic heterocycles. The van der Waals surface area contributed by atoms with Gasteiger partial charge >= 0.3 is 0 Å². The first-order chi connectivity index (χ1) is 40.1. The highest BCUT2D eigenvalue weighted by molar-refractivity contribution is 6.31. The highest BCUT2D eigenvalue weighted by atomic mass is 35.5. The maximum Gasteiger partial charge on any atom is 0.0497 e. The molecule has 13 aromatic rings. The second kappa shape index (κ2) is 23.0. The Morgan fingerprint density at radius 3 is 0.531 bits per heavy atom. The molecule has 81 heavy (non-hydrogen) atoms. The van der Waals surface area contributed by atoms with Gasteiger partial charge in [0, 0.05) is 39.1 Å². The predicted octanol–water partition coefficient (Wildman–Crippen LogP) is 22.6. The van der Waals surface area contributed by atoms with Crippen LogP contribution >= 0.6 is 11.6 Å². The van der Waals surface area contributed by atoms with Crippen LogP contribution in [0.2, 0.25) is 5.02 Å². The van der Waals surface area contributed by atoms with E-state index in [1.807, 2.05) is 0 Å². The summed E-state index contributed by atoms with van der Waals surface area (Å²) in [5.74, 6) is 0. The Kier molecular flexibility index (Phi) is 14.3. The van der Waals surface area contributed by atoms with E-state index in [-0.39, 0.29) is 0 Å². The molecule has 384 valence electrons. The fraction of sp³-hybridized carbons (Fsp3) is 0. The summed E-state index contributed by atoms with van der Waals surface area (Å²) in [7, 11) is 0. The highest BCUT2D eigenvalue weighted by Crippen LogP contribution is 2.46. The Bertz CT molecular complexity index is 3710. The maximum atomic E-state index is 7.46. The molecule has 0 spiro atoms. The zero-order valence-electron chi connectivity index (χ0n) is 44.5. The van der Waals surface area contributed by atoms with Crippen LogP contribution in [-0.2, 0) is 0 Å². The number of anilines is 6. The van der Waals surface area contributed by atoms with Crippen LogP contribution in [0, 0.1) is 0 Å². The van der Waals surface area contributed by atoms with Crippen LogP contribution in [0.5, 0.6) is 0 Å². The summed E-state index contributed by atoms with van der Waals surface area (Å²) in [6.45, 7) is 0. The molecule has 0 unspecified atom stereocenters. The molecule has 3 heteroatoms. The van der Waals surface area contributed by atoms with Gasteiger partial charge in [0.25, 0.3) is 0 Å². The Hall–Kier alpha value is -10.3. The van der Waals surface area contributed by atoms with Gasteiger partial charge < -0.3 is 9.80 Å². The molecule has 0 radical (unpaired) electrons. The normalized spacial score (nSPS) is 11.0. The Balaban J connectivity index is 0.941.